The van der Waals surface area contributed by atoms with E-state index in [-0.39, 0.29) is 34.6 Å². The van der Waals surface area contributed by atoms with Crippen LogP contribution in [-0.4, -0.2) is 63.6 Å². The molecule has 10 heteroatoms. The standard InChI is InChI=1S/C18H25ClN2O6S/c1-3-4-13(2)20-17(22)12-27-18(23)15-11-14(5-6-16(15)19)28(24,25)21-7-9-26-10-8-21/h5-6,11,13H,3-4,7-10,12H2,1-2H3,(H,20,22). The van der Waals surface area contributed by atoms with Crippen molar-refractivity contribution in [2.45, 2.75) is 37.6 Å². The number of esters is 1. The molecule has 1 heterocycles. The van der Waals surface area contributed by atoms with E-state index in [1.807, 2.05) is 13.8 Å². The third-order valence-corrected chi connectivity index (χ3v) is 6.45. The Morgan fingerprint density at radius 2 is 2.00 bits per heavy atom. The molecular formula is C18H25ClN2O6S. The predicted molar refractivity (Wildman–Crippen MR) is 104 cm³/mol. The van der Waals surface area contributed by atoms with E-state index in [1.54, 1.807) is 0 Å². The van der Waals surface area contributed by atoms with Gasteiger partial charge in [-0.1, -0.05) is 24.9 Å². The van der Waals surface area contributed by atoms with Gasteiger partial charge in [-0.05, 0) is 31.5 Å². The van der Waals surface area contributed by atoms with Crippen molar-refractivity contribution in [3.8, 4) is 0 Å². The first-order valence-electron chi connectivity index (χ1n) is 9.09. The Morgan fingerprint density at radius 1 is 1.32 bits per heavy atom. The van der Waals surface area contributed by atoms with E-state index in [4.69, 9.17) is 21.1 Å². The number of amides is 1. The molecule has 2 rings (SSSR count). The molecule has 0 aromatic heterocycles. The van der Waals surface area contributed by atoms with E-state index < -0.39 is 28.5 Å². The van der Waals surface area contributed by atoms with Crippen LogP contribution in [0.3, 0.4) is 0 Å². The van der Waals surface area contributed by atoms with Gasteiger partial charge in [0.15, 0.2) is 6.61 Å². The fourth-order valence-electron chi connectivity index (χ4n) is 2.79. The van der Waals surface area contributed by atoms with Crippen LogP contribution in [0.25, 0.3) is 0 Å². The smallest absolute Gasteiger partial charge is 0.340 e. The van der Waals surface area contributed by atoms with Gasteiger partial charge < -0.3 is 14.8 Å². The summed E-state index contributed by atoms with van der Waals surface area (Å²) in [6.45, 7) is 4.49. The predicted octanol–water partition coefficient (Wildman–Crippen LogP) is 1.82. The van der Waals surface area contributed by atoms with Gasteiger partial charge in [-0.15, -0.1) is 0 Å². The number of benzene rings is 1. The van der Waals surface area contributed by atoms with Crippen LogP contribution in [0.4, 0.5) is 0 Å². The molecule has 1 saturated heterocycles. The zero-order valence-electron chi connectivity index (χ0n) is 15.9. The number of sulfonamides is 1. The molecule has 1 aliphatic rings. The first-order valence-corrected chi connectivity index (χ1v) is 10.9. The Labute approximate surface area is 170 Å². The zero-order valence-corrected chi connectivity index (χ0v) is 17.5. The van der Waals surface area contributed by atoms with E-state index in [1.165, 1.54) is 22.5 Å². The Balaban J connectivity index is 2.08. The van der Waals surface area contributed by atoms with Crippen LogP contribution in [0.1, 0.15) is 37.0 Å². The topological polar surface area (TPSA) is 102 Å². The van der Waals surface area contributed by atoms with E-state index in [2.05, 4.69) is 5.32 Å². The van der Waals surface area contributed by atoms with Crippen LogP contribution in [0.5, 0.6) is 0 Å². The summed E-state index contributed by atoms with van der Waals surface area (Å²) in [6, 6.07) is 3.81. The fourth-order valence-corrected chi connectivity index (χ4v) is 4.42. The maximum Gasteiger partial charge on any atom is 0.340 e. The van der Waals surface area contributed by atoms with Gasteiger partial charge in [-0.2, -0.15) is 4.31 Å². The number of ether oxygens (including phenoxy) is 2. The molecule has 8 nitrogen and oxygen atoms in total. The van der Waals surface area contributed by atoms with Gasteiger partial charge in [-0.3, -0.25) is 4.79 Å². The van der Waals surface area contributed by atoms with Crippen molar-refractivity contribution in [2.24, 2.45) is 0 Å². The molecule has 1 aromatic carbocycles. The van der Waals surface area contributed by atoms with Crippen molar-refractivity contribution in [1.82, 2.24) is 9.62 Å². The minimum atomic E-state index is -3.78. The van der Waals surface area contributed by atoms with Crippen molar-refractivity contribution < 1.29 is 27.5 Å². The maximum absolute atomic E-state index is 12.7. The molecule has 0 bridgehead atoms. The number of carbonyl (C=O) groups excluding carboxylic acids is 2. The summed E-state index contributed by atoms with van der Waals surface area (Å²) < 4.78 is 36.9. The molecule has 0 spiro atoms. The molecule has 0 radical (unpaired) electrons. The Bertz CT molecular complexity index is 808. The summed E-state index contributed by atoms with van der Waals surface area (Å²) in [4.78, 5) is 24.1. The second kappa shape index (κ2) is 10.2. The number of carbonyl (C=O) groups is 2. The van der Waals surface area contributed by atoms with Crippen molar-refractivity contribution in [1.29, 1.82) is 0 Å². The van der Waals surface area contributed by atoms with Crippen molar-refractivity contribution in [3.63, 3.8) is 0 Å². The van der Waals surface area contributed by atoms with E-state index in [0.717, 1.165) is 12.8 Å². The Morgan fingerprint density at radius 3 is 2.64 bits per heavy atom. The van der Waals surface area contributed by atoms with Crippen LogP contribution >= 0.6 is 11.6 Å². The van der Waals surface area contributed by atoms with Crippen LogP contribution in [0, 0.1) is 0 Å². The van der Waals surface area contributed by atoms with Gasteiger partial charge in [0.2, 0.25) is 10.0 Å². The molecule has 1 fully saturated rings. The summed E-state index contributed by atoms with van der Waals surface area (Å²) in [5, 5.41) is 2.76. The highest BCUT2D eigenvalue weighted by Gasteiger charge is 2.28. The third-order valence-electron chi connectivity index (χ3n) is 4.23. The second-order valence-electron chi connectivity index (χ2n) is 6.49. The lowest BCUT2D eigenvalue weighted by molar-refractivity contribution is -0.124. The SMILES string of the molecule is CCCC(C)NC(=O)COC(=O)c1cc(S(=O)(=O)N2CCOCC2)ccc1Cl. The molecule has 1 N–H and O–H groups in total. The average Bonchev–Trinajstić information content (AvgIpc) is 2.67. The summed E-state index contributed by atoms with van der Waals surface area (Å²) >= 11 is 6.04. The normalized spacial score (nSPS) is 16.4. The quantitative estimate of drug-likeness (QED) is 0.628. The number of nitrogens with one attached hydrogen (secondary N) is 1. The molecule has 156 valence electrons. The number of halogens is 1. The van der Waals surface area contributed by atoms with Gasteiger partial charge in [0.05, 0.1) is 28.7 Å². The molecule has 1 unspecified atom stereocenters. The fraction of sp³-hybridized carbons (Fsp3) is 0.556. The average molecular weight is 433 g/mol. The van der Waals surface area contributed by atoms with Gasteiger partial charge >= 0.3 is 5.97 Å². The van der Waals surface area contributed by atoms with Crippen molar-refractivity contribution in [2.75, 3.05) is 32.9 Å². The maximum atomic E-state index is 12.7. The molecular weight excluding hydrogens is 408 g/mol. The van der Waals surface area contributed by atoms with E-state index in [0.29, 0.717) is 13.2 Å². The molecule has 0 aliphatic carbocycles. The molecule has 1 aliphatic heterocycles. The van der Waals surface area contributed by atoms with Gasteiger partial charge in [0.25, 0.3) is 5.91 Å². The summed E-state index contributed by atoms with van der Waals surface area (Å²) in [5.74, 6) is -1.29. The van der Waals surface area contributed by atoms with Crippen LogP contribution < -0.4 is 5.32 Å². The number of hydrogen-bond acceptors (Lipinski definition) is 6. The first-order chi connectivity index (χ1) is 13.3. The molecule has 28 heavy (non-hydrogen) atoms. The zero-order chi connectivity index (χ0) is 20.7. The number of rotatable bonds is 8. The highest BCUT2D eigenvalue weighted by Crippen LogP contribution is 2.24. The highest BCUT2D eigenvalue weighted by molar-refractivity contribution is 7.89. The van der Waals surface area contributed by atoms with E-state index in [9.17, 15) is 18.0 Å². The van der Waals surface area contributed by atoms with Gasteiger partial charge in [0.1, 0.15) is 0 Å². The molecule has 1 amide bonds. The second-order valence-corrected chi connectivity index (χ2v) is 8.84. The molecule has 1 aromatic rings. The lowest BCUT2D eigenvalue weighted by Crippen LogP contribution is -2.40. The van der Waals surface area contributed by atoms with Gasteiger partial charge in [0, 0.05) is 19.1 Å². The first kappa shape index (κ1) is 22.6. The molecule has 1 atom stereocenters. The largest absolute Gasteiger partial charge is 0.452 e. The number of morpholine rings is 1. The lowest BCUT2D eigenvalue weighted by Gasteiger charge is -2.26. The van der Waals surface area contributed by atoms with E-state index >= 15 is 0 Å². The van der Waals surface area contributed by atoms with Crippen LogP contribution in [-0.2, 0) is 24.3 Å². The van der Waals surface area contributed by atoms with Crippen molar-refractivity contribution >= 4 is 33.5 Å². The van der Waals surface area contributed by atoms with Crippen molar-refractivity contribution in [3.05, 3.63) is 28.8 Å². The van der Waals surface area contributed by atoms with Crippen LogP contribution in [0.2, 0.25) is 5.02 Å². The summed E-state index contributed by atoms with van der Waals surface area (Å²) in [5.41, 5.74) is -0.106. The monoisotopic (exact) mass is 432 g/mol. The number of hydrogen-bond donors (Lipinski definition) is 1. The highest BCUT2D eigenvalue weighted by atomic mass is 35.5. The lowest BCUT2D eigenvalue weighted by atomic mass is 10.2. The summed E-state index contributed by atoms with van der Waals surface area (Å²) in [6.07, 6.45) is 1.73. The van der Waals surface area contributed by atoms with Gasteiger partial charge in [-0.25, -0.2) is 13.2 Å². The Kier molecular flexibility index (Phi) is 8.23. The molecule has 0 saturated carbocycles. The van der Waals surface area contributed by atoms with Crippen LogP contribution in [0.15, 0.2) is 23.1 Å². The Hall–Kier alpha value is -1.68. The third kappa shape index (κ3) is 5.91. The summed E-state index contributed by atoms with van der Waals surface area (Å²) in [7, 11) is -3.78. The minimum absolute atomic E-state index is 0.0261. The minimum Gasteiger partial charge on any atom is -0.452 e. The number of nitrogens with zero attached hydrogens (tertiary/aromatic N) is 1.